The van der Waals surface area contributed by atoms with E-state index in [4.69, 9.17) is 0 Å². The highest BCUT2D eigenvalue weighted by molar-refractivity contribution is 7.09. The summed E-state index contributed by atoms with van der Waals surface area (Å²) in [5.74, 6) is 0.120. The Morgan fingerprint density at radius 1 is 0.647 bits per heavy atom. The predicted octanol–water partition coefficient (Wildman–Crippen LogP) is 5.75. The first-order valence-corrected chi connectivity index (χ1v) is 11.8. The Balaban J connectivity index is 1.81. The van der Waals surface area contributed by atoms with Crippen molar-refractivity contribution in [2.75, 3.05) is 0 Å². The highest BCUT2D eigenvalue weighted by Crippen LogP contribution is 2.43. The summed E-state index contributed by atoms with van der Waals surface area (Å²) >= 11 is 1.05. The van der Waals surface area contributed by atoms with Gasteiger partial charge in [-0.25, -0.2) is 0 Å². The van der Waals surface area contributed by atoms with E-state index in [2.05, 4.69) is 0 Å². The minimum Gasteiger partial charge on any atom is -0.508 e. The van der Waals surface area contributed by atoms with Gasteiger partial charge in [-0.05, 0) is 34.4 Å². The van der Waals surface area contributed by atoms with Gasteiger partial charge >= 0.3 is 4.87 Å². The van der Waals surface area contributed by atoms with Crippen molar-refractivity contribution in [3.05, 3.63) is 152 Å². The molecule has 4 nitrogen and oxygen atoms in total. The van der Waals surface area contributed by atoms with E-state index in [0.717, 1.165) is 33.6 Å². The van der Waals surface area contributed by atoms with Crippen molar-refractivity contribution in [3.63, 3.8) is 0 Å². The van der Waals surface area contributed by atoms with Gasteiger partial charge in [-0.3, -0.25) is 9.36 Å². The third kappa shape index (κ3) is 3.70. The zero-order valence-corrected chi connectivity index (χ0v) is 19.2. The van der Waals surface area contributed by atoms with E-state index < -0.39 is 5.54 Å². The molecule has 0 amide bonds. The number of rotatable bonds is 6. The molecular weight excluding hydrogens is 442 g/mol. The average molecular weight is 466 g/mol. The molecular formula is C29H23NO3S. The van der Waals surface area contributed by atoms with E-state index in [-0.39, 0.29) is 16.5 Å². The number of hydrogen-bond acceptors (Lipinski definition) is 4. The molecule has 34 heavy (non-hydrogen) atoms. The normalized spacial score (nSPS) is 11.4. The molecule has 0 aliphatic heterocycles. The minimum absolute atomic E-state index is 0.0559. The Bertz CT molecular complexity index is 1340. The number of phenolic OH excluding ortho intramolecular Hbond substituents is 1. The number of aromatic hydroxyl groups is 2. The van der Waals surface area contributed by atoms with Crippen LogP contribution < -0.4 is 4.87 Å². The fraction of sp³-hybridized carbons (Fsp3) is 0.0690. The van der Waals surface area contributed by atoms with Crippen LogP contribution in [0.5, 0.6) is 11.6 Å². The third-order valence-electron chi connectivity index (χ3n) is 6.07. The Hall–Kier alpha value is -4.09. The van der Waals surface area contributed by atoms with E-state index in [1.54, 1.807) is 24.3 Å². The molecule has 0 spiro atoms. The van der Waals surface area contributed by atoms with E-state index in [1.165, 1.54) is 4.57 Å². The number of benzene rings is 4. The molecule has 0 saturated heterocycles. The van der Waals surface area contributed by atoms with E-state index in [1.807, 2.05) is 91.0 Å². The first-order valence-electron chi connectivity index (χ1n) is 11.0. The minimum atomic E-state index is -1.06. The van der Waals surface area contributed by atoms with Crippen LogP contribution in [0.4, 0.5) is 0 Å². The lowest BCUT2D eigenvalue weighted by Crippen LogP contribution is -2.42. The second kappa shape index (κ2) is 9.04. The van der Waals surface area contributed by atoms with Crippen LogP contribution in [0.25, 0.3) is 0 Å². The van der Waals surface area contributed by atoms with Crippen LogP contribution in [0, 0.1) is 0 Å². The molecule has 0 fully saturated rings. The van der Waals surface area contributed by atoms with Crippen LogP contribution in [0.2, 0.25) is 0 Å². The fourth-order valence-electron chi connectivity index (χ4n) is 4.54. The predicted molar refractivity (Wildman–Crippen MR) is 136 cm³/mol. The molecule has 0 aliphatic carbocycles. The van der Waals surface area contributed by atoms with E-state index in [0.29, 0.717) is 11.3 Å². The Morgan fingerprint density at radius 3 is 1.53 bits per heavy atom. The molecule has 5 heteroatoms. The first-order chi connectivity index (χ1) is 16.6. The van der Waals surface area contributed by atoms with Gasteiger partial charge in [0, 0.05) is 6.42 Å². The van der Waals surface area contributed by atoms with E-state index >= 15 is 0 Å². The number of phenols is 1. The second-order valence-corrected chi connectivity index (χ2v) is 9.15. The average Bonchev–Trinajstić information content (AvgIpc) is 3.16. The second-order valence-electron chi connectivity index (χ2n) is 8.10. The van der Waals surface area contributed by atoms with Crippen molar-refractivity contribution in [1.29, 1.82) is 0 Å². The maximum absolute atomic E-state index is 13.7. The van der Waals surface area contributed by atoms with Gasteiger partial charge < -0.3 is 10.2 Å². The van der Waals surface area contributed by atoms with E-state index in [9.17, 15) is 15.0 Å². The largest absolute Gasteiger partial charge is 0.508 e. The number of nitrogens with zero attached hydrogens (tertiary/aromatic N) is 1. The van der Waals surface area contributed by atoms with Gasteiger partial charge in [0.2, 0.25) is 5.88 Å². The van der Waals surface area contributed by atoms with Crippen molar-refractivity contribution in [2.24, 2.45) is 0 Å². The summed E-state index contributed by atoms with van der Waals surface area (Å²) in [6, 6.07) is 36.2. The molecule has 2 N–H and O–H groups in total. The number of aromatic nitrogens is 1. The van der Waals surface area contributed by atoms with Crippen LogP contribution in [-0.2, 0) is 12.0 Å². The molecule has 168 valence electrons. The van der Waals surface area contributed by atoms with Gasteiger partial charge in [-0.1, -0.05) is 114 Å². The highest BCUT2D eigenvalue weighted by Gasteiger charge is 2.42. The molecule has 1 heterocycles. The number of thiazole rings is 1. The molecule has 0 radical (unpaired) electrons. The lowest BCUT2D eigenvalue weighted by Gasteiger charge is -2.37. The van der Waals surface area contributed by atoms with Gasteiger partial charge in [0.15, 0.2) is 0 Å². The van der Waals surface area contributed by atoms with Crippen LogP contribution >= 0.6 is 11.3 Å². The maximum Gasteiger partial charge on any atom is 0.311 e. The van der Waals surface area contributed by atoms with Gasteiger partial charge in [0.1, 0.15) is 11.3 Å². The molecule has 1 aromatic heterocycles. The summed E-state index contributed by atoms with van der Waals surface area (Å²) in [5.41, 5.74) is 2.46. The van der Waals surface area contributed by atoms with Crippen molar-refractivity contribution >= 4 is 11.3 Å². The zero-order valence-electron chi connectivity index (χ0n) is 18.3. The molecule has 5 rings (SSSR count). The van der Waals surface area contributed by atoms with Crippen molar-refractivity contribution in [2.45, 2.75) is 12.0 Å². The first kappa shape index (κ1) is 21.7. The van der Waals surface area contributed by atoms with Gasteiger partial charge in [-0.15, -0.1) is 0 Å². The summed E-state index contributed by atoms with van der Waals surface area (Å²) < 4.78 is 1.52. The third-order valence-corrected chi connectivity index (χ3v) is 7.00. The zero-order chi connectivity index (χ0) is 23.5. The molecule has 0 unspecified atom stereocenters. The molecule has 0 bridgehead atoms. The monoisotopic (exact) mass is 465 g/mol. The molecule has 5 aromatic rings. The smallest absolute Gasteiger partial charge is 0.311 e. The lowest BCUT2D eigenvalue weighted by molar-refractivity contribution is 0.369. The maximum atomic E-state index is 13.7. The molecule has 0 atom stereocenters. The lowest BCUT2D eigenvalue weighted by atomic mass is 9.76. The van der Waals surface area contributed by atoms with Gasteiger partial charge in [0.25, 0.3) is 0 Å². The van der Waals surface area contributed by atoms with Crippen LogP contribution in [-0.4, -0.2) is 14.8 Å². The molecule has 0 saturated carbocycles. The SMILES string of the molecule is O=c1sc(Cc2ccc(O)cc2)c(O)n1C(c1ccccc1)(c1ccccc1)c1ccccc1. The molecule has 0 aliphatic rings. The Kier molecular flexibility index (Phi) is 5.78. The standard InChI is InChI=1S/C29H23NO3S/c31-25-18-16-21(17-19-25)20-26-27(32)30(28(33)34-26)29(22-10-4-1-5-11-22,23-12-6-2-7-13-23)24-14-8-3-9-15-24/h1-19,31-32H,20H2. The van der Waals surface area contributed by atoms with Crippen LogP contribution in [0.1, 0.15) is 27.1 Å². The number of hydrogen-bond donors (Lipinski definition) is 2. The summed E-state index contributed by atoms with van der Waals surface area (Å²) in [6.45, 7) is 0. The summed E-state index contributed by atoms with van der Waals surface area (Å²) in [4.78, 5) is 14.0. The Labute approximate surface area is 201 Å². The summed E-state index contributed by atoms with van der Waals surface area (Å²) in [7, 11) is 0. The quantitative estimate of drug-likeness (QED) is 0.314. The summed E-state index contributed by atoms with van der Waals surface area (Å²) in [6.07, 6.45) is 0.382. The fourth-order valence-corrected chi connectivity index (χ4v) is 5.49. The summed E-state index contributed by atoms with van der Waals surface area (Å²) in [5, 5.41) is 21.2. The highest BCUT2D eigenvalue weighted by atomic mass is 32.1. The van der Waals surface area contributed by atoms with Crippen LogP contribution in [0.15, 0.2) is 120 Å². The van der Waals surface area contributed by atoms with Gasteiger partial charge in [0.05, 0.1) is 4.88 Å². The van der Waals surface area contributed by atoms with Crippen molar-refractivity contribution < 1.29 is 10.2 Å². The topological polar surface area (TPSA) is 62.5 Å². The van der Waals surface area contributed by atoms with Crippen molar-refractivity contribution in [3.8, 4) is 11.6 Å². The van der Waals surface area contributed by atoms with Gasteiger partial charge in [-0.2, -0.15) is 0 Å². The Morgan fingerprint density at radius 2 is 1.09 bits per heavy atom. The van der Waals surface area contributed by atoms with Crippen LogP contribution in [0.3, 0.4) is 0 Å². The molecule has 4 aromatic carbocycles. The van der Waals surface area contributed by atoms with Crippen molar-refractivity contribution in [1.82, 2.24) is 4.57 Å².